The molecule has 3 nitrogen and oxygen atoms in total. The lowest BCUT2D eigenvalue weighted by Gasteiger charge is -2.12. The number of carbonyl (C=O) groups excluding carboxylic acids is 1. The Bertz CT molecular complexity index is 406. The van der Waals surface area contributed by atoms with Crippen LogP contribution in [0.1, 0.15) is 23.6 Å². The van der Waals surface area contributed by atoms with E-state index in [9.17, 15) is 9.18 Å². The van der Waals surface area contributed by atoms with E-state index in [2.05, 4.69) is 10.1 Å². The Morgan fingerprint density at radius 1 is 1.62 bits per heavy atom. The highest BCUT2D eigenvalue weighted by Gasteiger charge is 2.22. The van der Waals surface area contributed by atoms with E-state index < -0.39 is 0 Å². The maximum absolute atomic E-state index is 13.0. The van der Waals surface area contributed by atoms with Gasteiger partial charge in [0, 0.05) is 6.04 Å². The SMILES string of the molecule is COC(=O)CNC1CCc2cc(F)ccc21. The number of hydrogen-bond acceptors (Lipinski definition) is 3. The summed E-state index contributed by atoms with van der Waals surface area (Å²) in [6.07, 6.45) is 1.75. The Hall–Kier alpha value is -1.42. The van der Waals surface area contributed by atoms with Crippen molar-refractivity contribution in [3.05, 3.63) is 35.1 Å². The van der Waals surface area contributed by atoms with E-state index in [-0.39, 0.29) is 24.4 Å². The molecule has 0 saturated carbocycles. The van der Waals surface area contributed by atoms with Gasteiger partial charge in [0.1, 0.15) is 5.82 Å². The number of carbonyl (C=O) groups is 1. The van der Waals surface area contributed by atoms with Crippen molar-refractivity contribution >= 4 is 5.97 Å². The molecule has 1 atom stereocenters. The molecule has 4 heteroatoms. The molecule has 0 radical (unpaired) electrons. The van der Waals surface area contributed by atoms with Gasteiger partial charge in [0.2, 0.25) is 0 Å². The first-order valence-electron chi connectivity index (χ1n) is 5.29. The van der Waals surface area contributed by atoms with Crippen LogP contribution in [-0.2, 0) is 16.0 Å². The number of esters is 1. The number of methoxy groups -OCH3 is 1. The summed E-state index contributed by atoms with van der Waals surface area (Å²) < 4.78 is 17.5. The molecule has 0 heterocycles. The van der Waals surface area contributed by atoms with Gasteiger partial charge in [0.05, 0.1) is 13.7 Å². The topological polar surface area (TPSA) is 38.3 Å². The van der Waals surface area contributed by atoms with Crippen LogP contribution in [0.5, 0.6) is 0 Å². The Balaban J connectivity index is 2.03. The summed E-state index contributed by atoms with van der Waals surface area (Å²) in [6, 6.07) is 4.94. The average Bonchev–Trinajstić information content (AvgIpc) is 2.68. The number of hydrogen-bond donors (Lipinski definition) is 1. The molecule has 0 bridgehead atoms. The molecule has 1 aliphatic rings. The van der Waals surface area contributed by atoms with Crippen molar-refractivity contribution in [3.8, 4) is 0 Å². The second-order valence-electron chi connectivity index (χ2n) is 3.89. The third-order valence-electron chi connectivity index (χ3n) is 2.90. The molecule has 0 aliphatic heterocycles. The molecule has 1 aromatic carbocycles. The average molecular weight is 223 g/mol. The zero-order chi connectivity index (χ0) is 11.5. The van der Waals surface area contributed by atoms with E-state index in [0.717, 1.165) is 24.0 Å². The third-order valence-corrected chi connectivity index (χ3v) is 2.90. The van der Waals surface area contributed by atoms with Crippen molar-refractivity contribution in [1.29, 1.82) is 0 Å². The quantitative estimate of drug-likeness (QED) is 0.790. The second-order valence-corrected chi connectivity index (χ2v) is 3.89. The minimum atomic E-state index is -0.282. The summed E-state index contributed by atoms with van der Waals surface area (Å²) in [4.78, 5) is 11.0. The molecule has 0 amide bonds. The molecule has 1 unspecified atom stereocenters. The fourth-order valence-electron chi connectivity index (χ4n) is 2.08. The molecule has 2 rings (SSSR count). The van der Waals surface area contributed by atoms with Gasteiger partial charge < -0.3 is 10.1 Å². The maximum Gasteiger partial charge on any atom is 0.319 e. The van der Waals surface area contributed by atoms with E-state index in [4.69, 9.17) is 0 Å². The Labute approximate surface area is 93.6 Å². The Kier molecular flexibility index (Phi) is 3.19. The predicted molar refractivity (Wildman–Crippen MR) is 57.5 cm³/mol. The molecule has 0 spiro atoms. The number of aryl methyl sites for hydroxylation is 1. The van der Waals surface area contributed by atoms with E-state index in [0.29, 0.717) is 0 Å². The van der Waals surface area contributed by atoms with Crippen molar-refractivity contribution in [2.24, 2.45) is 0 Å². The fraction of sp³-hybridized carbons (Fsp3) is 0.417. The van der Waals surface area contributed by atoms with Crippen molar-refractivity contribution in [3.63, 3.8) is 0 Å². The summed E-state index contributed by atoms with van der Waals surface area (Å²) in [7, 11) is 1.36. The van der Waals surface area contributed by atoms with Crippen LogP contribution >= 0.6 is 0 Å². The van der Waals surface area contributed by atoms with E-state index in [1.807, 2.05) is 0 Å². The first-order chi connectivity index (χ1) is 7.70. The van der Waals surface area contributed by atoms with Crippen LogP contribution < -0.4 is 5.32 Å². The van der Waals surface area contributed by atoms with Gasteiger partial charge in [0.15, 0.2) is 0 Å². The largest absolute Gasteiger partial charge is 0.468 e. The summed E-state index contributed by atoms with van der Waals surface area (Å²) in [6.45, 7) is 0.192. The summed E-state index contributed by atoms with van der Waals surface area (Å²) in [5, 5.41) is 3.11. The van der Waals surface area contributed by atoms with Crippen LogP contribution in [0.3, 0.4) is 0 Å². The standard InChI is InChI=1S/C12H14FNO2/c1-16-12(15)7-14-11-5-2-8-6-9(13)3-4-10(8)11/h3-4,6,11,14H,2,5,7H2,1H3. The highest BCUT2D eigenvalue weighted by Crippen LogP contribution is 2.31. The highest BCUT2D eigenvalue weighted by molar-refractivity contribution is 5.71. The number of fused-ring (bicyclic) bond motifs is 1. The first-order valence-corrected chi connectivity index (χ1v) is 5.29. The maximum atomic E-state index is 13.0. The molecular weight excluding hydrogens is 209 g/mol. The highest BCUT2D eigenvalue weighted by atomic mass is 19.1. The van der Waals surface area contributed by atoms with Crippen molar-refractivity contribution < 1.29 is 13.9 Å². The third kappa shape index (κ3) is 2.22. The summed E-state index contributed by atoms with van der Waals surface area (Å²) in [5.74, 6) is -0.483. The van der Waals surface area contributed by atoms with E-state index in [1.165, 1.54) is 13.2 Å². The molecule has 16 heavy (non-hydrogen) atoms. The van der Waals surface area contributed by atoms with Crippen molar-refractivity contribution in [2.75, 3.05) is 13.7 Å². The second kappa shape index (κ2) is 4.61. The van der Waals surface area contributed by atoms with Gasteiger partial charge in [-0.2, -0.15) is 0 Å². The number of halogens is 1. The lowest BCUT2D eigenvalue weighted by molar-refractivity contribution is -0.139. The van der Waals surface area contributed by atoms with Crippen molar-refractivity contribution in [1.82, 2.24) is 5.32 Å². The lowest BCUT2D eigenvalue weighted by Crippen LogP contribution is -2.27. The van der Waals surface area contributed by atoms with Gasteiger partial charge in [0.25, 0.3) is 0 Å². The first kappa shape index (κ1) is 11.1. The molecule has 0 saturated heterocycles. The molecule has 1 aliphatic carbocycles. The van der Waals surface area contributed by atoms with Crippen LogP contribution in [0.15, 0.2) is 18.2 Å². The number of ether oxygens (including phenoxy) is 1. The van der Waals surface area contributed by atoms with Gasteiger partial charge in [-0.05, 0) is 36.1 Å². The fourth-order valence-corrected chi connectivity index (χ4v) is 2.08. The number of rotatable bonds is 3. The minimum absolute atomic E-state index is 0.134. The van der Waals surface area contributed by atoms with Crippen molar-refractivity contribution in [2.45, 2.75) is 18.9 Å². The van der Waals surface area contributed by atoms with Gasteiger partial charge in [-0.15, -0.1) is 0 Å². The monoisotopic (exact) mass is 223 g/mol. The van der Waals surface area contributed by atoms with Crippen LogP contribution in [0.4, 0.5) is 4.39 Å². The molecule has 0 fully saturated rings. The molecule has 86 valence electrons. The van der Waals surface area contributed by atoms with Gasteiger partial charge >= 0.3 is 5.97 Å². The van der Waals surface area contributed by atoms with Crippen LogP contribution in [0, 0.1) is 5.82 Å². The van der Waals surface area contributed by atoms with Crippen LogP contribution in [0.2, 0.25) is 0 Å². The number of benzene rings is 1. The zero-order valence-corrected chi connectivity index (χ0v) is 9.13. The summed E-state index contributed by atoms with van der Waals surface area (Å²) in [5.41, 5.74) is 2.12. The summed E-state index contributed by atoms with van der Waals surface area (Å²) >= 11 is 0. The van der Waals surface area contributed by atoms with Gasteiger partial charge in [-0.3, -0.25) is 4.79 Å². The van der Waals surface area contributed by atoms with E-state index in [1.54, 1.807) is 12.1 Å². The van der Waals surface area contributed by atoms with E-state index >= 15 is 0 Å². The molecular formula is C12H14FNO2. The van der Waals surface area contributed by atoms with Crippen LogP contribution in [0.25, 0.3) is 0 Å². The molecule has 1 aromatic rings. The minimum Gasteiger partial charge on any atom is -0.468 e. The van der Waals surface area contributed by atoms with Crippen LogP contribution in [-0.4, -0.2) is 19.6 Å². The normalized spacial score (nSPS) is 18.2. The molecule has 0 aromatic heterocycles. The smallest absolute Gasteiger partial charge is 0.319 e. The zero-order valence-electron chi connectivity index (χ0n) is 9.13. The molecule has 1 N–H and O–H groups in total. The predicted octanol–water partition coefficient (Wildman–Crippen LogP) is 1.58. The Morgan fingerprint density at radius 2 is 2.44 bits per heavy atom. The van der Waals surface area contributed by atoms with Gasteiger partial charge in [-0.1, -0.05) is 6.07 Å². The number of nitrogens with one attached hydrogen (secondary N) is 1. The Morgan fingerprint density at radius 3 is 3.19 bits per heavy atom. The van der Waals surface area contributed by atoms with Gasteiger partial charge in [-0.25, -0.2) is 4.39 Å². The lowest BCUT2D eigenvalue weighted by atomic mass is 10.1.